The molecule has 0 aliphatic carbocycles. The number of allylic oxidation sites excluding steroid dienone is 3. The van der Waals surface area contributed by atoms with E-state index in [2.05, 4.69) is 127 Å². The van der Waals surface area contributed by atoms with Gasteiger partial charge in [-0.25, -0.2) is 0 Å². The molecule has 7 rings (SSSR count). The van der Waals surface area contributed by atoms with Gasteiger partial charge in [-0.3, -0.25) is 0 Å². The minimum absolute atomic E-state index is 0.208. The third-order valence-corrected chi connectivity index (χ3v) is 8.15. The molecule has 3 heterocycles. The van der Waals surface area contributed by atoms with E-state index in [0.29, 0.717) is 0 Å². The van der Waals surface area contributed by atoms with Crippen LogP contribution in [0.1, 0.15) is 27.7 Å². The summed E-state index contributed by atoms with van der Waals surface area (Å²) in [4.78, 5) is 7.60. The summed E-state index contributed by atoms with van der Waals surface area (Å²) in [6, 6.07) is 33.3. The molecule has 0 amide bonds. The molecular formula is C32H29BN2S. The van der Waals surface area contributed by atoms with Crippen molar-refractivity contribution in [2.75, 3.05) is 9.80 Å². The molecule has 0 saturated heterocycles. The van der Waals surface area contributed by atoms with Gasteiger partial charge < -0.3 is 9.80 Å². The highest BCUT2D eigenvalue weighted by Crippen LogP contribution is 2.49. The van der Waals surface area contributed by atoms with Crippen LogP contribution in [-0.4, -0.2) is 6.71 Å². The van der Waals surface area contributed by atoms with Crippen molar-refractivity contribution < 1.29 is 0 Å². The van der Waals surface area contributed by atoms with Gasteiger partial charge in [0.05, 0.1) is 11.4 Å². The van der Waals surface area contributed by atoms with Gasteiger partial charge in [-0.2, -0.15) is 0 Å². The largest absolute Gasteiger partial charge is 0.311 e. The Kier molecular flexibility index (Phi) is 5.77. The summed E-state index contributed by atoms with van der Waals surface area (Å²) in [6.45, 7) is 8.55. The Labute approximate surface area is 219 Å². The van der Waals surface area contributed by atoms with Gasteiger partial charge >= 0.3 is 0 Å². The highest BCUT2D eigenvalue weighted by Gasteiger charge is 2.44. The molecule has 0 atom stereocenters. The molecule has 4 aromatic carbocycles. The average Bonchev–Trinajstić information content (AvgIpc) is 2.93. The van der Waals surface area contributed by atoms with Crippen molar-refractivity contribution in [2.45, 2.75) is 32.6 Å². The van der Waals surface area contributed by atoms with E-state index in [9.17, 15) is 0 Å². The van der Waals surface area contributed by atoms with E-state index in [1.165, 1.54) is 60.3 Å². The summed E-state index contributed by atoms with van der Waals surface area (Å²) in [6.07, 6.45) is 4.41. The summed E-state index contributed by atoms with van der Waals surface area (Å²) in [5, 5.41) is 0. The molecule has 3 aliphatic heterocycles. The molecule has 0 unspecified atom stereocenters. The summed E-state index contributed by atoms with van der Waals surface area (Å²) in [5.41, 5.74) is 11.7. The van der Waals surface area contributed by atoms with Crippen LogP contribution < -0.4 is 26.2 Å². The zero-order chi connectivity index (χ0) is 24.8. The molecule has 0 spiro atoms. The van der Waals surface area contributed by atoms with Gasteiger partial charge in [0.15, 0.2) is 0 Å². The lowest BCUT2D eigenvalue weighted by atomic mass is 9.33. The van der Waals surface area contributed by atoms with Gasteiger partial charge in [0.1, 0.15) is 0 Å². The predicted octanol–water partition coefficient (Wildman–Crippen LogP) is 7.38. The van der Waals surface area contributed by atoms with Crippen LogP contribution in [0.2, 0.25) is 0 Å². The fourth-order valence-electron chi connectivity index (χ4n) is 5.81. The Bertz CT molecular complexity index is 1520. The van der Waals surface area contributed by atoms with Crippen molar-refractivity contribution in [3.8, 4) is 0 Å². The quantitative estimate of drug-likeness (QED) is 0.242. The normalized spacial score (nSPS) is 14.7. The third kappa shape index (κ3) is 3.21. The van der Waals surface area contributed by atoms with Crippen LogP contribution in [0.25, 0.3) is 0 Å². The second kappa shape index (κ2) is 9.11. The number of hydrogen-bond acceptors (Lipinski definition) is 3. The van der Waals surface area contributed by atoms with E-state index < -0.39 is 0 Å². The first-order chi connectivity index (χ1) is 17.8. The number of anilines is 5. The van der Waals surface area contributed by atoms with E-state index in [1.54, 1.807) is 0 Å². The number of hydrogen-bond donors (Lipinski definition) is 0. The second-order valence-corrected chi connectivity index (χ2v) is 10.2. The Hall–Kier alpha value is -3.63. The molecule has 0 saturated carbocycles. The number of fused-ring (bicyclic) bond motifs is 4. The lowest BCUT2D eigenvalue weighted by molar-refractivity contribution is 1.14. The molecule has 4 aromatic rings. The molecule has 4 heteroatoms. The first-order valence-electron chi connectivity index (χ1n) is 12.8. The monoisotopic (exact) mass is 484 g/mol. The number of benzene rings is 4. The van der Waals surface area contributed by atoms with Crippen LogP contribution in [0.3, 0.4) is 0 Å². The molecule has 3 aliphatic rings. The van der Waals surface area contributed by atoms with Gasteiger partial charge in [-0.15, -0.1) is 0 Å². The molecule has 2 nitrogen and oxygen atoms in total. The van der Waals surface area contributed by atoms with E-state index in [0.717, 1.165) is 0 Å². The summed E-state index contributed by atoms with van der Waals surface area (Å²) >= 11 is 1.89. The third-order valence-electron chi connectivity index (χ3n) is 7.09. The standard InChI is InChI=1S/C30H23BN2S.C2H6/c1-3-11-24-20(2)34-28-19-9-15-23-30(28)33(24)27-18-10-17-26-29(27)31(23)22-14-7-8-16-25(22)32(26)21-12-5-4-6-13-21;1-2/h3-19H,1-2H3;1-2H3/b11-3-;. The van der Waals surface area contributed by atoms with Crippen LogP contribution in [0.4, 0.5) is 28.4 Å². The van der Waals surface area contributed by atoms with Crippen LogP contribution in [0.15, 0.2) is 119 Å². The molecule has 0 aromatic heterocycles. The maximum absolute atomic E-state index is 2.50. The first kappa shape index (κ1) is 22.8. The van der Waals surface area contributed by atoms with Crippen molar-refractivity contribution >= 4 is 63.3 Å². The zero-order valence-corrected chi connectivity index (χ0v) is 22.0. The van der Waals surface area contributed by atoms with Crippen molar-refractivity contribution in [1.82, 2.24) is 0 Å². The van der Waals surface area contributed by atoms with Crippen LogP contribution >= 0.6 is 11.8 Å². The second-order valence-electron chi connectivity index (χ2n) is 8.95. The average molecular weight is 484 g/mol. The number of para-hydroxylation sites is 3. The van der Waals surface area contributed by atoms with E-state index in [1.807, 2.05) is 25.6 Å². The maximum atomic E-state index is 2.50. The van der Waals surface area contributed by atoms with Crippen LogP contribution in [0.5, 0.6) is 0 Å². The first-order valence-corrected chi connectivity index (χ1v) is 13.6. The summed E-state index contributed by atoms with van der Waals surface area (Å²) in [5.74, 6) is 0. The molecule has 0 fully saturated rings. The molecule has 176 valence electrons. The van der Waals surface area contributed by atoms with Gasteiger partial charge in [0, 0.05) is 32.6 Å². The highest BCUT2D eigenvalue weighted by molar-refractivity contribution is 8.03. The van der Waals surface area contributed by atoms with E-state index >= 15 is 0 Å². The van der Waals surface area contributed by atoms with Gasteiger partial charge in [-0.05, 0) is 72.7 Å². The highest BCUT2D eigenvalue weighted by atomic mass is 32.2. The molecule has 0 bridgehead atoms. The lowest BCUT2D eigenvalue weighted by Crippen LogP contribution is -2.62. The number of rotatable bonds is 2. The number of thioether (sulfide) groups is 1. The lowest BCUT2D eigenvalue weighted by Gasteiger charge is -2.46. The smallest absolute Gasteiger partial charge is 0.252 e. The molecule has 0 N–H and O–H groups in total. The molecule has 36 heavy (non-hydrogen) atoms. The zero-order valence-electron chi connectivity index (χ0n) is 21.2. The Morgan fingerprint density at radius 3 is 2.11 bits per heavy atom. The Balaban J connectivity index is 0.00000117. The maximum Gasteiger partial charge on any atom is 0.252 e. The van der Waals surface area contributed by atoms with Crippen molar-refractivity contribution in [3.63, 3.8) is 0 Å². The topological polar surface area (TPSA) is 6.48 Å². The summed E-state index contributed by atoms with van der Waals surface area (Å²) in [7, 11) is 0. The van der Waals surface area contributed by atoms with Gasteiger partial charge in [0.2, 0.25) is 0 Å². The van der Waals surface area contributed by atoms with E-state index in [4.69, 9.17) is 0 Å². The Morgan fingerprint density at radius 2 is 1.33 bits per heavy atom. The summed E-state index contributed by atoms with van der Waals surface area (Å²) < 4.78 is 0. The molecule has 0 radical (unpaired) electrons. The van der Waals surface area contributed by atoms with Gasteiger partial charge in [0.25, 0.3) is 6.71 Å². The van der Waals surface area contributed by atoms with Crippen molar-refractivity contribution in [3.05, 3.63) is 114 Å². The van der Waals surface area contributed by atoms with Crippen molar-refractivity contribution in [2.24, 2.45) is 0 Å². The fourth-order valence-corrected chi connectivity index (χ4v) is 6.86. The van der Waals surface area contributed by atoms with E-state index in [-0.39, 0.29) is 6.71 Å². The van der Waals surface area contributed by atoms with Crippen LogP contribution in [-0.2, 0) is 0 Å². The minimum Gasteiger partial charge on any atom is -0.311 e. The predicted molar refractivity (Wildman–Crippen MR) is 159 cm³/mol. The number of nitrogens with zero attached hydrogens (tertiary/aromatic N) is 2. The van der Waals surface area contributed by atoms with Crippen molar-refractivity contribution in [1.29, 1.82) is 0 Å². The minimum atomic E-state index is 0.208. The fraction of sp³-hybridized carbons (Fsp3) is 0.125. The Morgan fingerprint density at radius 1 is 0.694 bits per heavy atom. The molecular weight excluding hydrogens is 455 g/mol. The van der Waals surface area contributed by atoms with Crippen LogP contribution in [0, 0.1) is 0 Å². The van der Waals surface area contributed by atoms with Gasteiger partial charge in [-0.1, -0.05) is 86.3 Å². The SMILES string of the molecule is C/C=C\C1=C(C)Sc2cccc3c2N1c1cccc2c1B3c1ccccc1N2c1ccccc1.CC.